The summed E-state index contributed by atoms with van der Waals surface area (Å²) in [6.07, 6.45) is 3.01. The molecule has 2 aromatic heterocycles. The van der Waals surface area contributed by atoms with Crippen LogP contribution in [0, 0.1) is 0 Å². The van der Waals surface area contributed by atoms with Crippen LogP contribution in [-0.4, -0.2) is 0 Å². The molecular weight excluding hydrogens is 180 g/mol. The maximum absolute atomic E-state index is 5.71. The molecule has 14 heavy (non-hydrogen) atoms. The van der Waals surface area contributed by atoms with Gasteiger partial charge in [0.1, 0.15) is 12.5 Å². The summed E-state index contributed by atoms with van der Waals surface area (Å²) in [5.41, 5.74) is 13.9. The molecule has 2 heterocycles. The van der Waals surface area contributed by atoms with Gasteiger partial charge in [-0.15, -0.1) is 0 Å². The fraction of sp³-hybridized carbons (Fsp3) is 0. The molecule has 4 N–H and O–H groups in total. The molecule has 0 saturated heterocycles. The van der Waals surface area contributed by atoms with E-state index < -0.39 is 0 Å². The van der Waals surface area contributed by atoms with Crippen molar-refractivity contribution >= 4 is 33.3 Å². The van der Waals surface area contributed by atoms with E-state index in [4.69, 9.17) is 20.3 Å². The second kappa shape index (κ2) is 2.23. The van der Waals surface area contributed by atoms with E-state index >= 15 is 0 Å². The first-order valence-electron chi connectivity index (χ1n) is 4.20. The summed E-state index contributed by atoms with van der Waals surface area (Å²) in [5.74, 6) is 0. The average molecular weight is 188 g/mol. The van der Waals surface area contributed by atoms with Gasteiger partial charge in [0.2, 0.25) is 0 Å². The Morgan fingerprint density at radius 1 is 0.786 bits per heavy atom. The van der Waals surface area contributed by atoms with E-state index in [0.717, 1.165) is 10.8 Å². The van der Waals surface area contributed by atoms with Gasteiger partial charge < -0.3 is 20.3 Å². The minimum absolute atomic E-state index is 0.608. The summed E-state index contributed by atoms with van der Waals surface area (Å²) >= 11 is 0. The largest absolute Gasteiger partial charge is 0.458 e. The van der Waals surface area contributed by atoms with Crippen molar-refractivity contribution in [1.82, 2.24) is 0 Å². The maximum Gasteiger partial charge on any atom is 0.179 e. The number of rotatable bonds is 0. The Morgan fingerprint density at radius 3 is 1.64 bits per heavy atom. The van der Waals surface area contributed by atoms with Crippen LogP contribution in [0.5, 0.6) is 0 Å². The molecule has 0 atom stereocenters. The highest BCUT2D eigenvalue weighted by atomic mass is 16.4. The smallest absolute Gasteiger partial charge is 0.179 e. The molecule has 0 unspecified atom stereocenters. The molecule has 0 aliphatic carbocycles. The quantitative estimate of drug-likeness (QED) is 0.567. The van der Waals surface area contributed by atoms with Crippen molar-refractivity contribution < 1.29 is 8.83 Å². The molecule has 0 spiro atoms. The topological polar surface area (TPSA) is 78.3 Å². The second-order valence-electron chi connectivity index (χ2n) is 3.20. The Bertz CT molecular complexity index is 566. The Morgan fingerprint density at radius 2 is 1.21 bits per heavy atom. The maximum atomic E-state index is 5.71. The summed E-state index contributed by atoms with van der Waals surface area (Å²) in [5, 5.41) is 1.71. The fourth-order valence-corrected chi connectivity index (χ4v) is 1.62. The van der Waals surface area contributed by atoms with E-state index in [1.807, 2.05) is 12.1 Å². The third-order valence-electron chi connectivity index (χ3n) is 2.34. The van der Waals surface area contributed by atoms with E-state index in [-0.39, 0.29) is 0 Å². The lowest BCUT2D eigenvalue weighted by Gasteiger charge is -1.91. The van der Waals surface area contributed by atoms with Gasteiger partial charge in [0.05, 0.1) is 11.4 Å². The van der Waals surface area contributed by atoms with Gasteiger partial charge in [0.15, 0.2) is 11.2 Å². The minimum Gasteiger partial charge on any atom is -0.458 e. The third kappa shape index (κ3) is 0.724. The van der Waals surface area contributed by atoms with Crippen LogP contribution in [0.4, 0.5) is 11.4 Å². The van der Waals surface area contributed by atoms with E-state index in [2.05, 4.69) is 0 Å². The Balaban J connectivity index is 2.62. The van der Waals surface area contributed by atoms with Crippen LogP contribution >= 0.6 is 0 Å². The van der Waals surface area contributed by atoms with Crippen molar-refractivity contribution in [3.05, 3.63) is 24.7 Å². The number of hydrogen-bond donors (Lipinski definition) is 2. The lowest BCUT2D eigenvalue weighted by molar-refractivity contribution is 0.584. The van der Waals surface area contributed by atoms with Gasteiger partial charge in [0.25, 0.3) is 0 Å². The summed E-state index contributed by atoms with van der Waals surface area (Å²) in [6, 6.07) is 3.75. The molecule has 4 nitrogen and oxygen atoms in total. The first kappa shape index (κ1) is 7.32. The normalized spacial score (nSPS) is 11.4. The van der Waals surface area contributed by atoms with Crippen LogP contribution in [0.25, 0.3) is 21.9 Å². The van der Waals surface area contributed by atoms with Crippen LogP contribution in [0.15, 0.2) is 33.5 Å². The van der Waals surface area contributed by atoms with Crippen molar-refractivity contribution in [2.45, 2.75) is 0 Å². The predicted octanol–water partition coefficient (Wildman–Crippen LogP) is 2.34. The van der Waals surface area contributed by atoms with E-state index in [0.29, 0.717) is 22.5 Å². The second-order valence-corrected chi connectivity index (χ2v) is 3.20. The van der Waals surface area contributed by atoms with Gasteiger partial charge in [-0.25, -0.2) is 0 Å². The molecule has 1 aromatic carbocycles. The molecule has 0 fully saturated rings. The van der Waals surface area contributed by atoms with Gasteiger partial charge in [-0.3, -0.25) is 0 Å². The highest BCUT2D eigenvalue weighted by Gasteiger charge is 2.11. The molecule has 3 aromatic rings. The van der Waals surface area contributed by atoms with Crippen molar-refractivity contribution in [2.75, 3.05) is 11.5 Å². The molecule has 4 heteroatoms. The fourth-order valence-electron chi connectivity index (χ4n) is 1.62. The molecule has 0 amide bonds. The Labute approximate surface area is 79.1 Å². The number of hydrogen-bond acceptors (Lipinski definition) is 4. The molecule has 0 saturated carbocycles. The van der Waals surface area contributed by atoms with Crippen LogP contribution in [0.1, 0.15) is 0 Å². The van der Waals surface area contributed by atoms with Crippen LogP contribution in [0.3, 0.4) is 0 Å². The van der Waals surface area contributed by atoms with Crippen LogP contribution in [-0.2, 0) is 0 Å². The third-order valence-corrected chi connectivity index (χ3v) is 2.34. The molecule has 70 valence electrons. The SMILES string of the molecule is Nc1coc2c1ccc1c(N)coc12. The molecule has 0 bridgehead atoms. The molecule has 0 radical (unpaired) electrons. The van der Waals surface area contributed by atoms with Gasteiger partial charge in [-0.05, 0) is 12.1 Å². The van der Waals surface area contributed by atoms with Crippen molar-refractivity contribution in [1.29, 1.82) is 0 Å². The summed E-state index contributed by atoms with van der Waals surface area (Å²) in [6.45, 7) is 0. The lowest BCUT2D eigenvalue weighted by Crippen LogP contribution is -1.81. The van der Waals surface area contributed by atoms with Crippen LogP contribution < -0.4 is 11.5 Å². The number of furan rings is 2. The Hall–Kier alpha value is -2.10. The zero-order chi connectivity index (χ0) is 9.71. The molecular formula is C10H8N2O2. The average Bonchev–Trinajstić information content (AvgIpc) is 2.72. The van der Waals surface area contributed by atoms with Crippen LogP contribution in [0.2, 0.25) is 0 Å². The number of nitrogens with two attached hydrogens (primary N) is 2. The monoisotopic (exact) mass is 188 g/mol. The first-order chi connectivity index (χ1) is 6.77. The first-order valence-corrected chi connectivity index (χ1v) is 4.20. The number of fused-ring (bicyclic) bond motifs is 3. The van der Waals surface area contributed by atoms with Gasteiger partial charge in [0, 0.05) is 10.8 Å². The van der Waals surface area contributed by atoms with Crippen molar-refractivity contribution in [2.24, 2.45) is 0 Å². The van der Waals surface area contributed by atoms with Gasteiger partial charge in [-0.1, -0.05) is 0 Å². The molecule has 0 aliphatic heterocycles. The highest BCUT2D eigenvalue weighted by molar-refractivity contribution is 6.08. The lowest BCUT2D eigenvalue weighted by atomic mass is 10.2. The van der Waals surface area contributed by atoms with E-state index in [9.17, 15) is 0 Å². The zero-order valence-corrected chi connectivity index (χ0v) is 7.28. The summed E-state index contributed by atoms with van der Waals surface area (Å²) < 4.78 is 10.6. The number of anilines is 2. The van der Waals surface area contributed by atoms with Gasteiger partial charge in [-0.2, -0.15) is 0 Å². The summed E-state index contributed by atoms with van der Waals surface area (Å²) in [7, 11) is 0. The summed E-state index contributed by atoms with van der Waals surface area (Å²) in [4.78, 5) is 0. The number of nitrogen functional groups attached to an aromatic ring is 2. The minimum atomic E-state index is 0.608. The van der Waals surface area contributed by atoms with E-state index in [1.54, 1.807) is 0 Å². The molecule has 3 rings (SSSR count). The highest BCUT2D eigenvalue weighted by Crippen LogP contribution is 2.33. The standard InChI is InChI=1S/C10H8N2O2/c11-7-3-13-9-5(7)1-2-6-8(12)4-14-10(6)9/h1-4H,11-12H2. The predicted molar refractivity (Wildman–Crippen MR) is 54.8 cm³/mol. The molecule has 0 aliphatic rings. The van der Waals surface area contributed by atoms with Crippen molar-refractivity contribution in [3.8, 4) is 0 Å². The van der Waals surface area contributed by atoms with Crippen molar-refractivity contribution in [3.63, 3.8) is 0 Å². The number of benzene rings is 1. The Kier molecular flexibility index (Phi) is 1.16. The zero-order valence-electron chi connectivity index (χ0n) is 7.28. The van der Waals surface area contributed by atoms with Gasteiger partial charge >= 0.3 is 0 Å². The van der Waals surface area contributed by atoms with E-state index in [1.165, 1.54) is 12.5 Å².